The number of hydrogen-bond donors (Lipinski definition) is 2. The van der Waals surface area contributed by atoms with E-state index in [9.17, 15) is 4.79 Å². The molecule has 0 spiro atoms. The van der Waals surface area contributed by atoms with E-state index in [2.05, 4.69) is 10.2 Å². The fourth-order valence-electron chi connectivity index (χ4n) is 1.39. The van der Waals surface area contributed by atoms with E-state index >= 15 is 0 Å². The molecule has 0 atom stereocenters. The molecule has 0 aromatic heterocycles. The van der Waals surface area contributed by atoms with Crippen molar-refractivity contribution in [2.24, 2.45) is 5.73 Å². The first-order valence-corrected chi connectivity index (χ1v) is 5.47. The summed E-state index contributed by atoms with van der Waals surface area (Å²) in [5, 5.41) is 2.82. The number of rotatable bonds is 6. The van der Waals surface area contributed by atoms with Gasteiger partial charge < -0.3 is 16.0 Å². The molecule has 0 heterocycles. The molecule has 3 N–H and O–H groups in total. The molecule has 0 unspecified atom stereocenters. The van der Waals surface area contributed by atoms with Gasteiger partial charge in [0.05, 0.1) is 0 Å². The number of nitrogens with one attached hydrogen (secondary N) is 1. The maximum Gasteiger partial charge on any atom is 0.221 e. The van der Waals surface area contributed by atoms with Crippen LogP contribution in [0.1, 0.15) is 6.42 Å². The molecule has 5 heteroatoms. The fraction of sp³-hybridized carbons (Fsp3) is 0.417. The van der Waals surface area contributed by atoms with Gasteiger partial charge in [-0.15, -0.1) is 12.4 Å². The molecule has 1 aromatic carbocycles. The summed E-state index contributed by atoms with van der Waals surface area (Å²) >= 11 is 0. The molecule has 1 amide bonds. The second-order valence-corrected chi connectivity index (χ2v) is 3.65. The van der Waals surface area contributed by atoms with E-state index < -0.39 is 0 Å². The Hall–Kier alpha value is -1.26. The van der Waals surface area contributed by atoms with Gasteiger partial charge in [-0.25, -0.2) is 0 Å². The van der Waals surface area contributed by atoms with Crippen molar-refractivity contribution in [2.75, 3.05) is 31.6 Å². The number of anilines is 1. The first-order valence-electron chi connectivity index (χ1n) is 5.47. The molecule has 0 aliphatic rings. The first kappa shape index (κ1) is 15.7. The first-order chi connectivity index (χ1) is 7.74. The highest BCUT2D eigenvalue weighted by atomic mass is 35.5. The maximum absolute atomic E-state index is 11.2. The molecule has 0 saturated heterocycles. The summed E-state index contributed by atoms with van der Waals surface area (Å²) in [6.07, 6.45) is 0.398. The Morgan fingerprint density at radius 2 is 2.00 bits per heavy atom. The lowest BCUT2D eigenvalue weighted by Crippen LogP contribution is -2.33. The van der Waals surface area contributed by atoms with E-state index in [-0.39, 0.29) is 18.3 Å². The van der Waals surface area contributed by atoms with Crippen LogP contribution in [0.25, 0.3) is 0 Å². The van der Waals surface area contributed by atoms with Crippen LogP contribution in [0.15, 0.2) is 30.3 Å². The van der Waals surface area contributed by atoms with Gasteiger partial charge in [-0.1, -0.05) is 18.2 Å². The van der Waals surface area contributed by atoms with Gasteiger partial charge in [0.2, 0.25) is 5.91 Å². The number of amides is 1. The van der Waals surface area contributed by atoms with Gasteiger partial charge in [-0.05, 0) is 12.1 Å². The smallest absolute Gasteiger partial charge is 0.221 e. The van der Waals surface area contributed by atoms with Crippen LogP contribution in [0.2, 0.25) is 0 Å². The van der Waals surface area contributed by atoms with Gasteiger partial charge in [0.25, 0.3) is 0 Å². The monoisotopic (exact) mass is 257 g/mol. The minimum absolute atomic E-state index is 0. The molecule has 1 rings (SSSR count). The van der Waals surface area contributed by atoms with Crippen molar-refractivity contribution in [3.05, 3.63) is 30.3 Å². The third-order valence-electron chi connectivity index (χ3n) is 2.34. The highest BCUT2D eigenvalue weighted by Crippen LogP contribution is 2.09. The molecule has 4 nitrogen and oxygen atoms in total. The summed E-state index contributed by atoms with van der Waals surface area (Å²) in [7, 11) is 2.00. The Morgan fingerprint density at radius 1 is 1.35 bits per heavy atom. The van der Waals surface area contributed by atoms with Crippen LogP contribution >= 0.6 is 12.4 Å². The van der Waals surface area contributed by atoms with Crippen LogP contribution in [-0.4, -0.2) is 32.6 Å². The SMILES string of the molecule is CN(CCNC(=O)CCN)c1ccccc1.Cl. The molecule has 96 valence electrons. The second kappa shape index (κ2) is 8.84. The minimum Gasteiger partial charge on any atom is -0.373 e. The Morgan fingerprint density at radius 3 is 2.59 bits per heavy atom. The zero-order chi connectivity index (χ0) is 11.8. The van der Waals surface area contributed by atoms with Gasteiger partial charge in [-0.2, -0.15) is 0 Å². The average molecular weight is 258 g/mol. The molecule has 0 radical (unpaired) electrons. The van der Waals surface area contributed by atoms with Crippen molar-refractivity contribution in [3.63, 3.8) is 0 Å². The quantitative estimate of drug-likeness (QED) is 0.800. The third-order valence-corrected chi connectivity index (χ3v) is 2.34. The number of nitrogens with zero attached hydrogens (tertiary/aromatic N) is 1. The van der Waals surface area contributed by atoms with Crippen molar-refractivity contribution in [1.29, 1.82) is 0 Å². The van der Waals surface area contributed by atoms with Crippen molar-refractivity contribution in [1.82, 2.24) is 5.32 Å². The Balaban J connectivity index is 0.00000256. The molecule has 0 fully saturated rings. The van der Waals surface area contributed by atoms with Gasteiger partial charge in [0, 0.05) is 38.8 Å². The number of carbonyl (C=O) groups is 1. The summed E-state index contributed by atoms with van der Waals surface area (Å²) in [4.78, 5) is 13.3. The number of halogens is 1. The highest BCUT2D eigenvalue weighted by Gasteiger charge is 2.01. The van der Waals surface area contributed by atoms with E-state index in [1.807, 2.05) is 37.4 Å². The van der Waals surface area contributed by atoms with Crippen molar-refractivity contribution < 1.29 is 4.79 Å². The van der Waals surface area contributed by atoms with Crippen LogP contribution in [-0.2, 0) is 4.79 Å². The van der Waals surface area contributed by atoms with Gasteiger partial charge in [0.1, 0.15) is 0 Å². The zero-order valence-electron chi connectivity index (χ0n) is 10.1. The number of carbonyl (C=O) groups excluding carboxylic acids is 1. The van der Waals surface area contributed by atoms with Gasteiger partial charge in [0.15, 0.2) is 0 Å². The van der Waals surface area contributed by atoms with E-state index in [1.54, 1.807) is 0 Å². The van der Waals surface area contributed by atoms with Crippen LogP contribution in [0.5, 0.6) is 0 Å². The summed E-state index contributed by atoms with van der Waals surface area (Å²) < 4.78 is 0. The van der Waals surface area contributed by atoms with E-state index in [1.165, 1.54) is 0 Å². The third kappa shape index (κ3) is 6.14. The van der Waals surface area contributed by atoms with Crippen molar-refractivity contribution in [2.45, 2.75) is 6.42 Å². The van der Waals surface area contributed by atoms with Gasteiger partial charge in [-0.3, -0.25) is 4.79 Å². The normalized spacial score (nSPS) is 9.29. The average Bonchev–Trinajstić information content (AvgIpc) is 2.30. The van der Waals surface area contributed by atoms with E-state index in [4.69, 9.17) is 5.73 Å². The number of para-hydroxylation sites is 1. The van der Waals surface area contributed by atoms with E-state index in [0.717, 1.165) is 12.2 Å². The van der Waals surface area contributed by atoms with Crippen molar-refractivity contribution in [3.8, 4) is 0 Å². The largest absolute Gasteiger partial charge is 0.373 e. The predicted molar refractivity (Wildman–Crippen MR) is 73.6 cm³/mol. The molecule has 17 heavy (non-hydrogen) atoms. The molecule has 0 aliphatic carbocycles. The summed E-state index contributed by atoms with van der Waals surface area (Å²) in [5.74, 6) is 0.0176. The molecule has 0 saturated carbocycles. The minimum atomic E-state index is 0. The molecular formula is C12H20ClN3O. The fourth-order valence-corrected chi connectivity index (χ4v) is 1.39. The molecule has 0 bridgehead atoms. The maximum atomic E-state index is 11.2. The lowest BCUT2D eigenvalue weighted by molar-refractivity contribution is -0.120. The van der Waals surface area contributed by atoms with E-state index in [0.29, 0.717) is 19.5 Å². The zero-order valence-corrected chi connectivity index (χ0v) is 10.9. The number of nitrogens with two attached hydrogens (primary N) is 1. The number of benzene rings is 1. The Labute approximate surface area is 109 Å². The number of hydrogen-bond acceptors (Lipinski definition) is 3. The summed E-state index contributed by atoms with van der Waals surface area (Å²) in [5.41, 5.74) is 6.43. The topological polar surface area (TPSA) is 58.4 Å². The standard InChI is InChI=1S/C12H19N3O.ClH/c1-15(11-5-3-2-4-6-11)10-9-14-12(16)7-8-13;/h2-6H,7-10,13H2,1H3,(H,14,16);1H. The Kier molecular flexibility index (Phi) is 8.19. The second-order valence-electron chi connectivity index (χ2n) is 3.65. The molecule has 0 aliphatic heterocycles. The highest BCUT2D eigenvalue weighted by molar-refractivity contribution is 5.85. The van der Waals surface area contributed by atoms with Crippen LogP contribution in [0.3, 0.4) is 0 Å². The lowest BCUT2D eigenvalue weighted by atomic mass is 10.3. The molecule has 1 aromatic rings. The number of likely N-dealkylation sites (N-methyl/N-ethyl adjacent to an activating group) is 1. The summed E-state index contributed by atoms with van der Waals surface area (Å²) in [6.45, 7) is 1.84. The van der Waals surface area contributed by atoms with Gasteiger partial charge >= 0.3 is 0 Å². The molecular weight excluding hydrogens is 238 g/mol. The Bertz CT molecular complexity index is 319. The summed E-state index contributed by atoms with van der Waals surface area (Å²) in [6, 6.07) is 10.1. The van der Waals surface area contributed by atoms with Crippen LogP contribution < -0.4 is 16.0 Å². The van der Waals surface area contributed by atoms with Crippen LogP contribution in [0, 0.1) is 0 Å². The lowest BCUT2D eigenvalue weighted by Gasteiger charge is -2.19. The van der Waals surface area contributed by atoms with Crippen molar-refractivity contribution >= 4 is 24.0 Å². The predicted octanol–water partition coefficient (Wildman–Crippen LogP) is 1.01. The van der Waals surface area contributed by atoms with Crippen LogP contribution in [0.4, 0.5) is 5.69 Å².